The number of nitrogen functional groups attached to an aromatic ring is 1. The summed E-state index contributed by atoms with van der Waals surface area (Å²) >= 11 is 0. The Morgan fingerprint density at radius 3 is 2.94 bits per heavy atom. The zero-order valence-electron chi connectivity index (χ0n) is 9.48. The molecule has 0 amide bonds. The molecule has 1 aliphatic carbocycles. The molecule has 0 aromatic carbocycles. The largest absolute Gasteiger partial charge is 0.353 e. The number of hydrazine groups is 1. The van der Waals surface area contributed by atoms with Gasteiger partial charge in [-0.2, -0.15) is 0 Å². The Kier molecular flexibility index (Phi) is 2.21. The van der Waals surface area contributed by atoms with Gasteiger partial charge in [-0.05, 0) is 32.1 Å². The molecule has 2 unspecified atom stereocenters. The summed E-state index contributed by atoms with van der Waals surface area (Å²) in [7, 11) is 0. The normalized spacial score (nSPS) is 27.5. The summed E-state index contributed by atoms with van der Waals surface area (Å²) in [5.41, 5.74) is 2.60. The molecule has 0 spiro atoms. The van der Waals surface area contributed by atoms with Crippen LogP contribution >= 0.6 is 0 Å². The van der Waals surface area contributed by atoms with Gasteiger partial charge in [-0.15, -0.1) is 0 Å². The van der Waals surface area contributed by atoms with Gasteiger partial charge in [0.05, 0.1) is 0 Å². The Labute approximate surface area is 95.0 Å². The molecule has 0 radical (unpaired) electrons. The predicted molar refractivity (Wildman–Crippen MR) is 63.1 cm³/mol. The fourth-order valence-corrected chi connectivity index (χ4v) is 2.98. The van der Waals surface area contributed by atoms with E-state index in [9.17, 15) is 0 Å². The van der Waals surface area contributed by atoms with Gasteiger partial charge in [0, 0.05) is 18.7 Å². The lowest BCUT2D eigenvalue weighted by atomic mass is 10.1. The van der Waals surface area contributed by atoms with Crippen LogP contribution in [0.25, 0.3) is 0 Å². The molecule has 1 aromatic heterocycles. The zero-order valence-corrected chi connectivity index (χ0v) is 9.48. The third-order valence-electron chi connectivity index (χ3n) is 3.68. The van der Waals surface area contributed by atoms with Crippen LogP contribution in [0.15, 0.2) is 6.07 Å². The molecule has 16 heavy (non-hydrogen) atoms. The highest BCUT2D eigenvalue weighted by Gasteiger charge is 2.38. The standard InChI is InChI=1S/C11H17N5/c1-7-13-10(15-12)5-11(14-7)16-6-8-2-3-9(16)4-8/h5,8-9H,2-4,6,12H2,1H3,(H,13,14,15). The van der Waals surface area contributed by atoms with Crippen molar-refractivity contribution in [1.29, 1.82) is 0 Å². The minimum absolute atomic E-state index is 0.685. The van der Waals surface area contributed by atoms with Crippen LogP contribution in [0.2, 0.25) is 0 Å². The summed E-state index contributed by atoms with van der Waals surface area (Å²) in [5, 5.41) is 0. The van der Waals surface area contributed by atoms with Crippen molar-refractivity contribution in [2.75, 3.05) is 16.9 Å². The van der Waals surface area contributed by atoms with Gasteiger partial charge in [0.15, 0.2) is 0 Å². The third-order valence-corrected chi connectivity index (χ3v) is 3.68. The number of rotatable bonds is 2. The maximum absolute atomic E-state index is 5.40. The lowest BCUT2D eigenvalue weighted by Crippen LogP contribution is -2.32. The predicted octanol–water partition coefficient (Wildman–Crippen LogP) is 1.06. The number of piperidine rings is 1. The summed E-state index contributed by atoms with van der Waals surface area (Å²) < 4.78 is 0. The van der Waals surface area contributed by atoms with E-state index in [4.69, 9.17) is 5.84 Å². The average Bonchev–Trinajstić information content (AvgIpc) is 2.89. The first-order valence-electron chi connectivity index (χ1n) is 5.85. The van der Waals surface area contributed by atoms with Gasteiger partial charge in [-0.25, -0.2) is 15.8 Å². The van der Waals surface area contributed by atoms with Crippen molar-refractivity contribution >= 4 is 11.6 Å². The molecule has 2 aliphatic rings. The highest BCUT2D eigenvalue weighted by atomic mass is 15.3. The van der Waals surface area contributed by atoms with Crippen LogP contribution in [-0.4, -0.2) is 22.6 Å². The lowest BCUT2D eigenvalue weighted by molar-refractivity contribution is 0.550. The van der Waals surface area contributed by atoms with Crippen LogP contribution in [0, 0.1) is 12.8 Å². The average molecular weight is 219 g/mol. The minimum Gasteiger partial charge on any atom is -0.353 e. The van der Waals surface area contributed by atoms with Crippen molar-refractivity contribution < 1.29 is 0 Å². The Bertz CT molecular complexity index is 405. The van der Waals surface area contributed by atoms with Crippen molar-refractivity contribution in [2.45, 2.75) is 32.2 Å². The van der Waals surface area contributed by atoms with E-state index in [-0.39, 0.29) is 0 Å². The maximum atomic E-state index is 5.40. The monoisotopic (exact) mass is 219 g/mol. The second kappa shape index (κ2) is 3.59. The van der Waals surface area contributed by atoms with Crippen molar-refractivity contribution in [2.24, 2.45) is 11.8 Å². The first-order valence-corrected chi connectivity index (χ1v) is 5.85. The maximum Gasteiger partial charge on any atom is 0.145 e. The van der Waals surface area contributed by atoms with Gasteiger partial charge < -0.3 is 10.3 Å². The highest BCUT2D eigenvalue weighted by Crippen LogP contribution is 2.39. The topological polar surface area (TPSA) is 67.1 Å². The molecule has 2 bridgehead atoms. The number of aromatic nitrogens is 2. The van der Waals surface area contributed by atoms with E-state index in [0.717, 1.165) is 24.1 Å². The Balaban J connectivity index is 1.91. The van der Waals surface area contributed by atoms with E-state index in [1.54, 1.807) is 0 Å². The van der Waals surface area contributed by atoms with E-state index in [0.29, 0.717) is 11.9 Å². The van der Waals surface area contributed by atoms with Gasteiger partial charge in [0.25, 0.3) is 0 Å². The van der Waals surface area contributed by atoms with Crippen LogP contribution in [0.1, 0.15) is 25.1 Å². The second-order valence-electron chi connectivity index (χ2n) is 4.79. The van der Waals surface area contributed by atoms with E-state index in [1.807, 2.05) is 13.0 Å². The molecular weight excluding hydrogens is 202 g/mol. The number of hydrogen-bond donors (Lipinski definition) is 2. The molecule has 5 heteroatoms. The number of fused-ring (bicyclic) bond motifs is 2. The second-order valence-corrected chi connectivity index (χ2v) is 4.79. The van der Waals surface area contributed by atoms with Crippen molar-refractivity contribution in [3.63, 3.8) is 0 Å². The molecule has 86 valence electrons. The summed E-state index contributed by atoms with van der Waals surface area (Å²) in [6.45, 7) is 3.05. The molecule has 2 atom stereocenters. The Morgan fingerprint density at radius 1 is 1.44 bits per heavy atom. The van der Waals surface area contributed by atoms with E-state index in [1.165, 1.54) is 19.3 Å². The highest BCUT2D eigenvalue weighted by molar-refractivity contribution is 5.50. The Hall–Kier alpha value is -1.36. The van der Waals surface area contributed by atoms with Crippen molar-refractivity contribution in [1.82, 2.24) is 9.97 Å². The van der Waals surface area contributed by atoms with E-state index >= 15 is 0 Å². The summed E-state index contributed by atoms with van der Waals surface area (Å²) in [5.74, 6) is 8.77. The molecular formula is C11H17N5. The smallest absolute Gasteiger partial charge is 0.145 e. The van der Waals surface area contributed by atoms with Crippen molar-refractivity contribution in [3.8, 4) is 0 Å². The zero-order chi connectivity index (χ0) is 11.1. The molecule has 2 fully saturated rings. The molecule has 1 aliphatic heterocycles. The summed E-state index contributed by atoms with van der Waals surface area (Å²) in [6.07, 6.45) is 4.01. The molecule has 3 rings (SSSR count). The summed E-state index contributed by atoms with van der Waals surface area (Å²) in [4.78, 5) is 11.1. The SMILES string of the molecule is Cc1nc(NN)cc(N2CC3CCC2C3)n1. The molecule has 1 saturated heterocycles. The fourth-order valence-electron chi connectivity index (χ4n) is 2.98. The summed E-state index contributed by atoms with van der Waals surface area (Å²) in [6, 6.07) is 2.62. The lowest BCUT2D eigenvalue weighted by Gasteiger charge is -2.28. The quantitative estimate of drug-likeness (QED) is 0.575. The molecule has 3 N–H and O–H groups in total. The number of nitrogens with two attached hydrogens (primary N) is 1. The van der Waals surface area contributed by atoms with Crippen LogP contribution in [0.4, 0.5) is 11.6 Å². The first kappa shape index (κ1) is 9.84. The number of nitrogens with zero attached hydrogens (tertiary/aromatic N) is 3. The third kappa shape index (κ3) is 1.51. The van der Waals surface area contributed by atoms with Gasteiger partial charge >= 0.3 is 0 Å². The number of anilines is 2. The van der Waals surface area contributed by atoms with Crippen molar-refractivity contribution in [3.05, 3.63) is 11.9 Å². The molecule has 1 saturated carbocycles. The van der Waals surface area contributed by atoms with E-state index < -0.39 is 0 Å². The first-order chi connectivity index (χ1) is 7.76. The Morgan fingerprint density at radius 2 is 2.31 bits per heavy atom. The molecule has 2 heterocycles. The fraction of sp³-hybridized carbons (Fsp3) is 0.636. The van der Waals surface area contributed by atoms with Gasteiger partial charge in [-0.3, -0.25) is 0 Å². The number of aryl methyl sites for hydroxylation is 1. The van der Waals surface area contributed by atoms with Gasteiger partial charge in [0.1, 0.15) is 17.5 Å². The molecule has 5 nitrogen and oxygen atoms in total. The molecule has 1 aromatic rings. The van der Waals surface area contributed by atoms with Crippen LogP contribution in [0.5, 0.6) is 0 Å². The van der Waals surface area contributed by atoms with Gasteiger partial charge in [-0.1, -0.05) is 0 Å². The number of nitrogens with one attached hydrogen (secondary N) is 1. The van der Waals surface area contributed by atoms with Gasteiger partial charge in [0.2, 0.25) is 0 Å². The van der Waals surface area contributed by atoms with Crippen LogP contribution in [-0.2, 0) is 0 Å². The van der Waals surface area contributed by atoms with Crippen LogP contribution < -0.4 is 16.2 Å². The van der Waals surface area contributed by atoms with E-state index in [2.05, 4.69) is 20.3 Å². The number of hydrogen-bond acceptors (Lipinski definition) is 5. The van der Waals surface area contributed by atoms with Crippen LogP contribution in [0.3, 0.4) is 0 Å². The minimum atomic E-state index is 0.685.